The Balaban J connectivity index is 0.00000243. The van der Waals surface area contributed by atoms with Gasteiger partial charge in [-0.3, -0.25) is 0 Å². The molecule has 3 atom stereocenters. The quantitative estimate of drug-likeness (QED) is 0.679. The summed E-state index contributed by atoms with van der Waals surface area (Å²) in [5, 5.41) is 3.59. The van der Waals surface area contributed by atoms with Crippen molar-refractivity contribution >= 4 is 11.8 Å². The van der Waals surface area contributed by atoms with E-state index >= 15 is 0 Å². The van der Waals surface area contributed by atoms with E-state index in [0.29, 0.717) is 17.9 Å². The van der Waals surface area contributed by atoms with Crippen LogP contribution in [0.25, 0.3) is 6.08 Å². The zero-order valence-corrected chi connectivity index (χ0v) is 14.1. The van der Waals surface area contributed by atoms with Crippen molar-refractivity contribution in [2.24, 2.45) is 11.8 Å². The average molecular weight is 346 g/mol. The maximum absolute atomic E-state index is 12.6. The Morgan fingerprint density at radius 3 is 2.32 bits per heavy atom. The molecule has 25 heavy (non-hydrogen) atoms. The first-order chi connectivity index (χ1) is 11.9. The highest BCUT2D eigenvalue weighted by Crippen LogP contribution is 2.34. The average Bonchev–Trinajstić information content (AvgIpc) is 2.93. The number of nitrogens with one attached hydrogen (secondary N) is 1. The number of halogens is 3. The largest absolute Gasteiger partial charge is 1.00 e. The summed E-state index contributed by atoms with van der Waals surface area (Å²) in [5.74, 6) is 1.00. The van der Waals surface area contributed by atoms with Crippen LogP contribution in [0, 0.1) is 11.8 Å². The maximum atomic E-state index is 12.6. The van der Waals surface area contributed by atoms with Crippen molar-refractivity contribution in [1.29, 1.82) is 0 Å². The van der Waals surface area contributed by atoms with Gasteiger partial charge in [-0.1, -0.05) is 49.4 Å². The van der Waals surface area contributed by atoms with Crippen LogP contribution >= 0.6 is 0 Å². The number of anilines is 1. The Hall–Kier alpha value is -2.23. The summed E-state index contributed by atoms with van der Waals surface area (Å²) in [6.07, 6.45) is 1.96. The predicted molar refractivity (Wildman–Crippen MR) is 97.3 cm³/mol. The maximum Gasteiger partial charge on any atom is 1.00 e. The third kappa shape index (κ3) is 4.65. The first kappa shape index (κ1) is 17.6. The van der Waals surface area contributed by atoms with Crippen molar-refractivity contribution < 1.29 is 14.6 Å². The minimum Gasteiger partial charge on any atom is -0.382 e. The standard InChI is InChI=1S/C21H22F3N/c1-15-13-17(20(14-15)25-19-5-3-2-4-6-19)10-7-16-8-11-18(12-9-16)21(22,23)24/h2-12,15,17,20,25H,13-14H2,1H3/p+1. The van der Waals surface area contributed by atoms with E-state index in [0.717, 1.165) is 36.2 Å². The van der Waals surface area contributed by atoms with Crippen LogP contribution in [0.4, 0.5) is 18.9 Å². The summed E-state index contributed by atoms with van der Waals surface area (Å²) in [4.78, 5) is 0. The third-order valence-corrected chi connectivity index (χ3v) is 4.75. The molecule has 1 aliphatic rings. The Morgan fingerprint density at radius 2 is 1.68 bits per heavy atom. The van der Waals surface area contributed by atoms with Gasteiger partial charge in [0.05, 0.1) is 5.56 Å². The van der Waals surface area contributed by atoms with Gasteiger partial charge in [-0.2, -0.15) is 13.2 Å². The van der Waals surface area contributed by atoms with Gasteiger partial charge in [0.25, 0.3) is 0 Å². The molecule has 0 radical (unpaired) electrons. The molecule has 1 fully saturated rings. The number of rotatable bonds is 4. The lowest BCUT2D eigenvalue weighted by atomic mass is 10.0. The summed E-state index contributed by atoms with van der Waals surface area (Å²) in [6, 6.07) is 15.8. The molecule has 3 unspecified atom stereocenters. The number of alkyl halides is 3. The fourth-order valence-electron chi connectivity index (χ4n) is 3.48. The first-order valence-electron chi connectivity index (χ1n) is 8.59. The second-order valence-corrected chi connectivity index (χ2v) is 6.84. The molecular formula is C21H23F3N+. The van der Waals surface area contributed by atoms with Crippen LogP contribution in [-0.4, -0.2) is 6.04 Å². The van der Waals surface area contributed by atoms with Gasteiger partial charge in [0.15, 0.2) is 0 Å². The van der Waals surface area contributed by atoms with Gasteiger partial charge in [-0.15, -0.1) is 0 Å². The second kappa shape index (κ2) is 7.34. The molecule has 0 aromatic heterocycles. The molecule has 3 rings (SSSR count). The van der Waals surface area contributed by atoms with Gasteiger partial charge in [0, 0.05) is 11.7 Å². The predicted octanol–water partition coefficient (Wildman–Crippen LogP) is 6.36. The molecule has 1 saturated carbocycles. The molecule has 0 saturated heterocycles. The number of hydrogen-bond acceptors (Lipinski definition) is 1. The minimum absolute atomic E-state index is 0. The molecular weight excluding hydrogens is 323 g/mol. The van der Waals surface area contributed by atoms with Crippen molar-refractivity contribution in [3.8, 4) is 0 Å². The zero-order chi connectivity index (χ0) is 17.9. The lowest BCUT2D eigenvalue weighted by Gasteiger charge is -2.19. The Labute approximate surface area is 148 Å². The van der Waals surface area contributed by atoms with Gasteiger partial charge < -0.3 is 5.32 Å². The van der Waals surface area contributed by atoms with E-state index in [2.05, 4.69) is 30.4 Å². The van der Waals surface area contributed by atoms with Crippen LogP contribution in [-0.2, 0) is 6.18 Å². The van der Waals surface area contributed by atoms with Crippen LogP contribution < -0.4 is 5.32 Å². The molecule has 1 N–H and O–H groups in total. The van der Waals surface area contributed by atoms with Gasteiger partial charge in [-0.05, 0) is 54.5 Å². The van der Waals surface area contributed by atoms with E-state index in [9.17, 15) is 13.2 Å². The molecule has 0 aliphatic heterocycles. The normalized spacial score (nSPS) is 23.9. The smallest absolute Gasteiger partial charge is 0.382 e. The Morgan fingerprint density at radius 1 is 1.00 bits per heavy atom. The van der Waals surface area contributed by atoms with Crippen LogP contribution in [0.2, 0.25) is 0 Å². The van der Waals surface area contributed by atoms with Gasteiger partial charge in [-0.25, -0.2) is 0 Å². The SMILES string of the molecule is CC1CC(C=Cc2ccc(C(F)(F)F)cc2)C(Nc2ccccc2)C1.[H+]. The van der Waals surface area contributed by atoms with E-state index in [1.54, 1.807) is 0 Å². The lowest BCUT2D eigenvalue weighted by Crippen LogP contribution is -2.22. The highest BCUT2D eigenvalue weighted by Gasteiger charge is 2.31. The van der Waals surface area contributed by atoms with Crippen molar-refractivity contribution in [2.45, 2.75) is 32.0 Å². The number of para-hydroxylation sites is 1. The minimum atomic E-state index is -4.28. The molecule has 2 aromatic rings. The van der Waals surface area contributed by atoms with Crippen LogP contribution in [0.1, 0.15) is 32.3 Å². The molecule has 1 nitrogen and oxygen atoms in total. The fraction of sp³-hybridized carbons (Fsp3) is 0.333. The molecule has 1 aliphatic carbocycles. The van der Waals surface area contributed by atoms with Crippen LogP contribution in [0.3, 0.4) is 0 Å². The van der Waals surface area contributed by atoms with E-state index in [1.807, 2.05) is 24.3 Å². The van der Waals surface area contributed by atoms with Crippen molar-refractivity contribution in [3.63, 3.8) is 0 Å². The van der Waals surface area contributed by atoms with Crippen LogP contribution in [0.5, 0.6) is 0 Å². The Kier molecular flexibility index (Phi) is 5.16. The number of hydrogen-bond donors (Lipinski definition) is 1. The molecule has 0 bridgehead atoms. The second-order valence-electron chi connectivity index (χ2n) is 6.84. The van der Waals surface area contributed by atoms with E-state index < -0.39 is 11.7 Å². The molecule has 0 heterocycles. The summed E-state index contributed by atoms with van der Waals surface area (Å²) >= 11 is 0. The first-order valence-corrected chi connectivity index (χ1v) is 8.59. The molecule has 4 heteroatoms. The van der Waals surface area contributed by atoms with Gasteiger partial charge >= 0.3 is 7.60 Å². The number of benzene rings is 2. The fourth-order valence-corrected chi connectivity index (χ4v) is 3.48. The molecule has 0 amide bonds. The third-order valence-electron chi connectivity index (χ3n) is 4.75. The van der Waals surface area contributed by atoms with Crippen molar-refractivity contribution in [1.82, 2.24) is 0 Å². The summed E-state index contributed by atoms with van der Waals surface area (Å²) in [7, 11) is 0. The topological polar surface area (TPSA) is 12.0 Å². The lowest BCUT2D eigenvalue weighted by molar-refractivity contribution is -0.137. The van der Waals surface area contributed by atoms with E-state index in [-0.39, 0.29) is 1.43 Å². The Bertz CT molecular complexity index is 710. The van der Waals surface area contributed by atoms with E-state index in [4.69, 9.17) is 0 Å². The summed E-state index contributed by atoms with van der Waals surface area (Å²) < 4.78 is 37.9. The molecule has 2 aromatic carbocycles. The van der Waals surface area contributed by atoms with Gasteiger partial charge in [0.2, 0.25) is 0 Å². The molecule has 0 spiro atoms. The highest BCUT2D eigenvalue weighted by molar-refractivity contribution is 5.51. The highest BCUT2D eigenvalue weighted by atomic mass is 19.4. The van der Waals surface area contributed by atoms with Crippen LogP contribution in [0.15, 0.2) is 60.7 Å². The van der Waals surface area contributed by atoms with Crippen molar-refractivity contribution in [3.05, 3.63) is 71.8 Å². The zero-order valence-electron chi connectivity index (χ0n) is 15.1. The van der Waals surface area contributed by atoms with Gasteiger partial charge in [0.1, 0.15) is 0 Å². The van der Waals surface area contributed by atoms with Crippen molar-refractivity contribution in [2.75, 3.05) is 5.32 Å². The summed E-state index contributed by atoms with van der Waals surface area (Å²) in [5.41, 5.74) is 1.29. The monoisotopic (exact) mass is 346 g/mol. The van der Waals surface area contributed by atoms with E-state index in [1.165, 1.54) is 12.1 Å². The summed E-state index contributed by atoms with van der Waals surface area (Å²) in [6.45, 7) is 2.24. The molecule has 132 valence electrons.